The number of carbonyl (C=O) groups is 2. The Labute approximate surface area is 123 Å². The first-order chi connectivity index (χ1) is 9.67. The van der Waals surface area contributed by atoms with Crippen LogP contribution in [0.3, 0.4) is 0 Å². The number of aliphatic carboxylic acids is 1. The van der Waals surface area contributed by atoms with Gasteiger partial charge in [0.2, 0.25) is 0 Å². The van der Waals surface area contributed by atoms with Gasteiger partial charge in [0.25, 0.3) is 0 Å². The smallest absolute Gasteiger partial charge is 0.408 e. The molecule has 21 heavy (non-hydrogen) atoms. The first-order valence-electron chi connectivity index (χ1n) is 6.64. The molecule has 0 heterocycles. The molecule has 0 fully saturated rings. The van der Waals surface area contributed by atoms with Gasteiger partial charge in [-0.25, -0.2) is 14.0 Å². The fraction of sp³-hybridized carbons (Fsp3) is 0.467. The van der Waals surface area contributed by atoms with Crippen LogP contribution < -0.4 is 5.32 Å². The first-order valence-corrected chi connectivity index (χ1v) is 6.64. The molecule has 1 rings (SSSR count). The van der Waals surface area contributed by atoms with E-state index in [2.05, 4.69) is 5.32 Å². The summed E-state index contributed by atoms with van der Waals surface area (Å²) in [7, 11) is 0. The molecular formula is C15H20FNO4. The maximum atomic E-state index is 13.0. The van der Waals surface area contributed by atoms with E-state index in [0.29, 0.717) is 12.0 Å². The zero-order chi connectivity index (χ0) is 16.0. The highest BCUT2D eigenvalue weighted by Gasteiger charge is 2.23. The maximum Gasteiger partial charge on any atom is 0.408 e. The fourth-order valence-electron chi connectivity index (χ4n) is 1.71. The number of ether oxygens (including phenoxy) is 1. The van der Waals surface area contributed by atoms with E-state index in [-0.39, 0.29) is 12.2 Å². The molecule has 0 bridgehead atoms. The third-order valence-electron chi connectivity index (χ3n) is 2.60. The van der Waals surface area contributed by atoms with Gasteiger partial charge in [0.05, 0.1) is 0 Å². The number of hydrogen-bond acceptors (Lipinski definition) is 3. The zero-order valence-electron chi connectivity index (χ0n) is 12.4. The Morgan fingerprint density at radius 3 is 2.57 bits per heavy atom. The topological polar surface area (TPSA) is 75.6 Å². The first kappa shape index (κ1) is 16.9. The van der Waals surface area contributed by atoms with Gasteiger partial charge in [-0.1, -0.05) is 12.1 Å². The largest absolute Gasteiger partial charge is 0.480 e. The molecule has 0 saturated carbocycles. The van der Waals surface area contributed by atoms with Crippen LogP contribution in [0.15, 0.2) is 24.3 Å². The van der Waals surface area contributed by atoms with Crippen molar-refractivity contribution in [1.29, 1.82) is 0 Å². The van der Waals surface area contributed by atoms with E-state index in [1.54, 1.807) is 32.9 Å². The quantitative estimate of drug-likeness (QED) is 0.876. The molecule has 0 aliphatic rings. The van der Waals surface area contributed by atoms with Gasteiger partial charge in [0, 0.05) is 0 Å². The molecule has 0 aliphatic heterocycles. The number of carboxylic acids is 1. The molecular weight excluding hydrogens is 277 g/mol. The number of aryl methyl sites for hydroxylation is 1. The van der Waals surface area contributed by atoms with Crippen LogP contribution in [0.2, 0.25) is 0 Å². The molecule has 2 N–H and O–H groups in total. The van der Waals surface area contributed by atoms with Crippen LogP contribution in [0, 0.1) is 5.82 Å². The van der Waals surface area contributed by atoms with Crippen LogP contribution in [0.25, 0.3) is 0 Å². The summed E-state index contributed by atoms with van der Waals surface area (Å²) >= 11 is 0. The van der Waals surface area contributed by atoms with Crippen LogP contribution in [0.1, 0.15) is 32.8 Å². The summed E-state index contributed by atoms with van der Waals surface area (Å²) < 4.78 is 18.1. The minimum Gasteiger partial charge on any atom is -0.480 e. The average Bonchev–Trinajstić information content (AvgIpc) is 2.32. The minimum absolute atomic E-state index is 0.151. The highest BCUT2D eigenvalue weighted by atomic mass is 19.1. The molecule has 1 aromatic rings. The average molecular weight is 297 g/mol. The van der Waals surface area contributed by atoms with Gasteiger partial charge in [-0.3, -0.25) is 0 Å². The predicted molar refractivity (Wildman–Crippen MR) is 75.5 cm³/mol. The Balaban J connectivity index is 2.58. The van der Waals surface area contributed by atoms with Crippen molar-refractivity contribution >= 4 is 12.1 Å². The van der Waals surface area contributed by atoms with E-state index < -0.39 is 23.7 Å². The predicted octanol–water partition coefficient (Wildman–Crippen LogP) is 2.74. The van der Waals surface area contributed by atoms with Crippen molar-refractivity contribution < 1.29 is 23.8 Å². The number of nitrogens with one attached hydrogen (secondary N) is 1. The number of amides is 1. The Bertz CT molecular complexity index is 511. The van der Waals surface area contributed by atoms with E-state index in [0.717, 1.165) is 0 Å². The van der Waals surface area contributed by atoms with Crippen LogP contribution in [-0.2, 0) is 16.0 Å². The monoisotopic (exact) mass is 297 g/mol. The number of carboxylic acid groups (broad SMARTS) is 1. The van der Waals surface area contributed by atoms with Crippen LogP contribution in [0.4, 0.5) is 9.18 Å². The molecule has 116 valence electrons. The standard InChI is InChI=1S/C15H20FNO4/c1-15(2,3)21-14(20)17-12(13(18)19)8-7-10-5-4-6-11(16)9-10/h4-6,9,12H,7-8H2,1-3H3,(H,17,20)(H,18,19). The molecule has 0 aliphatic carbocycles. The second-order valence-electron chi connectivity index (χ2n) is 5.71. The van der Waals surface area contributed by atoms with Crippen molar-refractivity contribution in [2.45, 2.75) is 45.3 Å². The second kappa shape index (κ2) is 7.06. The van der Waals surface area contributed by atoms with E-state index >= 15 is 0 Å². The molecule has 0 spiro atoms. The SMILES string of the molecule is CC(C)(C)OC(=O)NC(CCc1cccc(F)c1)C(=O)O. The van der Waals surface area contributed by atoms with Gasteiger partial charge in [-0.2, -0.15) is 0 Å². The third-order valence-corrected chi connectivity index (χ3v) is 2.60. The van der Waals surface area contributed by atoms with Gasteiger partial charge < -0.3 is 15.2 Å². The Morgan fingerprint density at radius 1 is 1.38 bits per heavy atom. The van der Waals surface area contributed by atoms with Crippen LogP contribution in [-0.4, -0.2) is 28.8 Å². The van der Waals surface area contributed by atoms with E-state index in [4.69, 9.17) is 9.84 Å². The van der Waals surface area contributed by atoms with Crippen molar-refractivity contribution in [2.24, 2.45) is 0 Å². The van der Waals surface area contributed by atoms with E-state index in [1.165, 1.54) is 12.1 Å². The molecule has 1 amide bonds. The van der Waals surface area contributed by atoms with Gasteiger partial charge >= 0.3 is 12.1 Å². The van der Waals surface area contributed by atoms with Crippen LogP contribution >= 0.6 is 0 Å². The lowest BCUT2D eigenvalue weighted by Crippen LogP contribution is -2.43. The Kier molecular flexibility index (Phi) is 5.69. The number of alkyl carbamates (subject to hydrolysis) is 1. The van der Waals surface area contributed by atoms with Crippen molar-refractivity contribution in [2.75, 3.05) is 0 Å². The number of benzene rings is 1. The minimum atomic E-state index is -1.16. The lowest BCUT2D eigenvalue weighted by Gasteiger charge is -2.22. The molecule has 5 nitrogen and oxygen atoms in total. The summed E-state index contributed by atoms with van der Waals surface area (Å²) in [6, 6.07) is 4.84. The highest BCUT2D eigenvalue weighted by Crippen LogP contribution is 2.10. The molecule has 0 aromatic heterocycles. The number of halogens is 1. The fourth-order valence-corrected chi connectivity index (χ4v) is 1.71. The number of hydrogen-bond donors (Lipinski definition) is 2. The normalized spacial score (nSPS) is 12.6. The van der Waals surface area contributed by atoms with Gasteiger partial charge in [-0.05, 0) is 51.3 Å². The lowest BCUT2D eigenvalue weighted by molar-refractivity contribution is -0.139. The summed E-state index contributed by atoms with van der Waals surface area (Å²) in [6.07, 6.45) is -0.295. The summed E-state index contributed by atoms with van der Waals surface area (Å²) in [5, 5.41) is 11.4. The highest BCUT2D eigenvalue weighted by molar-refractivity contribution is 5.80. The summed E-state index contributed by atoms with van der Waals surface area (Å²) in [4.78, 5) is 22.7. The van der Waals surface area contributed by atoms with Crippen molar-refractivity contribution in [3.8, 4) is 0 Å². The molecule has 0 saturated heterocycles. The second-order valence-corrected chi connectivity index (χ2v) is 5.71. The Hall–Kier alpha value is -2.11. The van der Waals surface area contributed by atoms with Crippen LogP contribution in [0.5, 0.6) is 0 Å². The van der Waals surface area contributed by atoms with Gasteiger partial charge in [0.1, 0.15) is 17.5 Å². The maximum absolute atomic E-state index is 13.0. The van der Waals surface area contributed by atoms with E-state index in [9.17, 15) is 14.0 Å². The molecule has 1 unspecified atom stereocenters. The summed E-state index contributed by atoms with van der Waals surface area (Å²) in [6.45, 7) is 5.07. The van der Waals surface area contributed by atoms with Crippen molar-refractivity contribution in [1.82, 2.24) is 5.32 Å². The number of carbonyl (C=O) groups excluding carboxylic acids is 1. The molecule has 6 heteroatoms. The molecule has 1 atom stereocenters. The molecule has 1 aromatic carbocycles. The third kappa shape index (κ3) is 6.74. The number of rotatable bonds is 5. The summed E-state index contributed by atoms with van der Waals surface area (Å²) in [5.41, 5.74) is -0.0253. The summed E-state index contributed by atoms with van der Waals surface area (Å²) in [5.74, 6) is -1.53. The van der Waals surface area contributed by atoms with Crippen molar-refractivity contribution in [3.05, 3.63) is 35.6 Å². The van der Waals surface area contributed by atoms with Crippen molar-refractivity contribution in [3.63, 3.8) is 0 Å². The zero-order valence-corrected chi connectivity index (χ0v) is 12.4. The van der Waals surface area contributed by atoms with E-state index in [1.807, 2.05) is 0 Å². The van der Waals surface area contributed by atoms with Gasteiger partial charge in [-0.15, -0.1) is 0 Å². The lowest BCUT2D eigenvalue weighted by atomic mass is 10.1. The Morgan fingerprint density at radius 2 is 2.05 bits per heavy atom. The molecule has 0 radical (unpaired) electrons. The van der Waals surface area contributed by atoms with Gasteiger partial charge in [0.15, 0.2) is 0 Å².